The van der Waals surface area contributed by atoms with Crippen molar-refractivity contribution in [1.29, 1.82) is 0 Å². The van der Waals surface area contributed by atoms with Crippen LogP contribution in [0.5, 0.6) is 0 Å². The molecule has 0 aromatic carbocycles. The van der Waals surface area contributed by atoms with Crippen molar-refractivity contribution in [3.05, 3.63) is 12.7 Å². The summed E-state index contributed by atoms with van der Waals surface area (Å²) in [5.74, 6) is 0.423. The molecule has 0 spiro atoms. The van der Waals surface area contributed by atoms with Gasteiger partial charge in [-0.1, -0.05) is 23.6 Å². The minimum atomic E-state index is -1.87. The Morgan fingerprint density at radius 3 is 2.67 bits per heavy atom. The first-order valence-corrected chi connectivity index (χ1v) is 5.08. The van der Waals surface area contributed by atoms with Gasteiger partial charge in [-0.2, -0.15) is 0 Å². The third-order valence-corrected chi connectivity index (χ3v) is 3.24. The maximum atomic E-state index is 10.6. The van der Waals surface area contributed by atoms with E-state index in [1.165, 1.54) is 0 Å². The predicted molar refractivity (Wildman–Crippen MR) is 44.9 cm³/mol. The van der Waals surface area contributed by atoms with Crippen LogP contribution < -0.4 is 29.6 Å². The van der Waals surface area contributed by atoms with E-state index < -0.39 is 11.1 Å². The van der Waals surface area contributed by atoms with Crippen LogP contribution in [0.1, 0.15) is 25.7 Å². The Balaban J connectivity index is 0.00000121. The van der Waals surface area contributed by atoms with E-state index in [2.05, 4.69) is 6.58 Å². The van der Waals surface area contributed by atoms with Crippen LogP contribution in [0.2, 0.25) is 0 Å². The van der Waals surface area contributed by atoms with Crippen LogP contribution in [-0.4, -0.2) is 14.0 Å². The van der Waals surface area contributed by atoms with E-state index in [9.17, 15) is 8.76 Å². The first-order valence-electron chi connectivity index (χ1n) is 3.94. The van der Waals surface area contributed by atoms with E-state index in [0.717, 1.165) is 25.7 Å². The van der Waals surface area contributed by atoms with Crippen LogP contribution in [0, 0.1) is 5.92 Å². The van der Waals surface area contributed by atoms with E-state index in [4.69, 9.17) is 0 Å². The van der Waals surface area contributed by atoms with Gasteiger partial charge in [0, 0.05) is 5.25 Å². The molecule has 1 rings (SSSR count). The molecule has 1 fully saturated rings. The van der Waals surface area contributed by atoms with Crippen molar-refractivity contribution < 1.29 is 38.3 Å². The molecule has 2 nitrogen and oxygen atoms in total. The predicted octanol–water partition coefficient (Wildman–Crippen LogP) is -1.39. The largest absolute Gasteiger partial charge is 1.00 e. The molecule has 64 valence electrons. The normalized spacial score (nSPS) is 31.8. The number of hydrogen-bond acceptors (Lipinski definition) is 2. The SMILES string of the molecule is C=C[C@H]1CCC[C@H](S(=O)[O-])C1.[Na+]. The summed E-state index contributed by atoms with van der Waals surface area (Å²) in [5.41, 5.74) is 0. The third kappa shape index (κ3) is 3.71. The van der Waals surface area contributed by atoms with E-state index in [0.29, 0.717) is 5.92 Å². The first kappa shape index (κ1) is 12.8. The molecule has 1 aliphatic carbocycles. The van der Waals surface area contributed by atoms with Gasteiger partial charge >= 0.3 is 29.6 Å². The minimum Gasteiger partial charge on any atom is -0.772 e. The summed E-state index contributed by atoms with van der Waals surface area (Å²) < 4.78 is 21.2. The second-order valence-corrected chi connectivity index (χ2v) is 4.23. The average Bonchev–Trinajstić information content (AvgIpc) is 2.05. The van der Waals surface area contributed by atoms with Crippen molar-refractivity contribution in [2.45, 2.75) is 30.9 Å². The second-order valence-electron chi connectivity index (χ2n) is 3.04. The third-order valence-electron chi connectivity index (χ3n) is 2.27. The van der Waals surface area contributed by atoms with Crippen molar-refractivity contribution >= 4 is 11.1 Å². The van der Waals surface area contributed by atoms with Gasteiger partial charge < -0.3 is 4.55 Å². The molecular formula is C8H13NaO2S. The topological polar surface area (TPSA) is 40.1 Å². The van der Waals surface area contributed by atoms with Gasteiger partial charge in [0.25, 0.3) is 0 Å². The number of allylic oxidation sites excluding steroid dienone is 1. The van der Waals surface area contributed by atoms with Gasteiger partial charge in [0.05, 0.1) is 0 Å². The van der Waals surface area contributed by atoms with Gasteiger partial charge in [0.15, 0.2) is 0 Å². The number of rotatable bonds is 2. The second kappa shape index (κ2) is 6.33. The van der Waals surface area contributed by atoms with Gasteiger partial charge in [-0.3, -0.25) is 4.21 Å². The quantitative estimate of drug-likeness (QED) is 0.310. The Bertz CT molecular complexity index is 172. The van der Waals surface area contributed by atoms with Gasteiger partial charge in [-0.05, 0) is 25.2 Å². The fraction of sp³-hybridized carbons (Fsp3) is 0.750. The molecule has 0 aromatic heterocycles. The molecule has 3 atom stereocenters. The summed E-state index contributed by atoms with van der Waals surface area (Å²) in [7, 11) is 0. The molecule has 0 saturated heterocycles. The number of hydrogen-bond donors (Lipinski definition) is 0. The van der Waals surface area contributed by atoms with Crippen LogP contribution in [0.4, 0.5) is 0 Å². The molecule has 0 amide bonds. The molecule has 4 heteroatoms. The molecular weight excluding hydrogens is 183 g/mol. The molecule has 1 unspecified atom stereocenters. The van der Waals surface area contributed by atoms with Crippen molar-refractivity contribution in [2.24, 2.45) is 5.92 Å². The summed E-state index contributed by atoms with van der Waals surface area (Å²) in [6.07, 6.45) is 5.62. The fourth-order valence-corrected chi connectivity index (χ4v) is 2.33. The molecule has 1 saturated carbocycles. The van der Waals surface area contributed by atoms with Crippen LogP contribution >= 0.6 is 0 Å². The summed E-state index contributed by atoms with van der Waals surface area (Å²) >= 11 is -1.87. The molecule has 0 bridgehead atoms. The standard InChI is InChI=1S/C8H14O2S.Na/c1-2-7-4-3-5-8(6-7)11(9)10;/h2,7-8H,1,3-6H2,(H,9,10);/q;+1/p-1/t7-,8-;/m0./s1. The zero-order valence-electron chi connectivity index (χ0n) is 7.49. The van der Waals surface area contributed by atoms with Crippen LogP contribution in [-0.2, 0) is 11.1 Å². The Kier molecular flexibility index (Phi) is 6.77. The monoisotopic (exact) mass is 196 g/mol. The van der Waals surface area contributed by atoms with E-state index >= 15 is 0 Å². The van der Waals surface area contributed by atoms with Crippen molar-refractivity contribution in [3.63, 3.8) is 0 Å². The fourth-order valence-electron chi connectivity index (χ4n) is 1.57. The van der Waals surface area contributed by atoms with Crippen LogP contribution in [0.15, 0.2) is 12.7 Å². The molecule has 0 N–H and O–H groups in total. The van der Waals surface area contributed by atoms with E-state index in [1.54, 1.807) is 0 Å². The first-order chi connectivity index (χ1) is 5.24. The maximum absolute atomic E-state index is 10.6. The van der Waals surface area contributed by atoms with Gasteiger partial charge in [-0.25, -0.2) is 0 Å². The van der Waals surface area contributed by atoms with Gasteiger partial charge in [0.2, 0.25) is 0 Å². The van der Waals surface area contributed by atoms with Crippen molar-refractivity contribution in [2.75, 3.05) is 0 Å². The molecule has 12 heavy (non-hydrogen) atoms. The smallest absolute Gasteiger partial charge is 0.772 e. The zero-order valence-corrected chi connectivity index (χ0v) is 10.3. The zero-order chi connectivity index (χ0) is 8.27. The Labute approximate surface area is 98.4 Å². The molecule has 1 aliphatic rings. The Morgan fingerprint density at radius 2 is 2.17 bits per heavy atom. The molecule has 0 heterocycles. The van der Waals surface area contributed by atoms with Crippen molar-refractivity contribution in [3.8, 4) is 0 Å². The summed E-state index contributed by atoms with van der Waals surface area (Å²) in [4.78, 5) is 0. The molecule has 0 aromatic rings. The van der Waals surface area contributed by atoms with Gasteiger partial charge in [-0.15, -0.1) is 6.58 Å². The minimum absolute atomic E-state index is 0. The summed E-state index contributed by atoms with van der Waals surface area (Å²) in [6.45, 7) is 3.68. The van der Waals surface area contributed by atoms with Gasteiger partial charge in [0.1, 0.15) is 0 Å². The maximum Gasteiger partial charge on any atom is 1.00 e. The van der Waals surface area contributed by atoms with E-state index in [-0.39, 0.29) is 34.8 Å². The Hall–Kier alpha value is 0.850. The van der Waals surface area contributed by atoms with Crippen molar-refractivity contribution in [1.82, 2.24) is 0 Å². The average molecular weight is 196 g/mol. The summed E-state index contributed by atoms with van der Waals surface area (Å²) in [5, 5.41) is -0.119. The van der Waals surface area contributed by atoms with Crippen LogP contribution in [0.3, 0.4) is 0 Å². The molecule has 0 radical (unpaired) electrons. The Morgan fingerprint density at radius 1 is 1.50 bits per heavy atom. The van der Waals surface area contributed by atoms with Crippen LogP contribution in [0.25, 0.3) is 0 Å². The van der Waals surface area contributed by atoms with E-state index in [1.807, 2.05) is 6.08 Å². The summed E-state index contributed by atoms with van der Waals surface area (Å²) in [6, 6.07) is 0. The molecule has 0 aliphatic heterocycles.